The molecule has 7 nitrogen and oxygen atoms in total. The van der Waals surface area contributed by atoms with E-state index >= 15 is 4.39 Å². The Kier molecular flexibility index (Phi) is 5.24. The molecule has 0 bridgehead atoms. The number of imidazole rings is 1. The first-order valence-electron chi connectivity index (χ1n) is 12.1. The largest absolute Gasteiger partial charge is 0.348 e. The summed E-state index contributed by atoms with van der Waals surface area (Å²) in [6.07, 6.45) is 6.45. The minimum absolute atomic E-state index is 0.142. The monoisotopic (exact) mass is 483 g/mol. The maximum Gasteiger partial charge on any atom is 0.267 e. The Hall–Kier alpha value is -3.14. The fourth-order valence-corrected chi connectivity index (χ4v) is 5.22. The second kappa shape index (κ2) is 8.22. The Morgan fingerprint density at radius 2 is 1.91 bits per heavy atom. The standard InChI is InChI=1S/C25H28F3N7/c1-14-32-22-20(26)9-15(10-21(22)35(14)17-5-7-34(2)8-6-17)18-11-29-23-19(18)12-30-24(33-23)31-13-25(27,28)16-3-4-16/h9-12,16-17H,3-8,13H2,1-2H3,(H2,29,30,31,33). The van der Waals surface area contributed by atoms with E-state index in [0.29, 0.717) is 35.0 Å². The molecule has 1 aromatic carbocycles. The second-order valence-corrected chi connectivity index (χ2v) is 9.94. The van der Waals surface area contributed by atoms with E-state index in [1.807, 2.05) is 13.0 Å². The van der Waals surface area contributed by atoms with Gasteiger partial charge in [0.1, 0.15) is 17.0 Å². The van der Waals surface area contributed by atoms with Gasteiger partial charge in [-0.1, -0.05) is 0 Å². The molecular formula is C25H28F3N7. The zero-order chi connectivity index (χ0) is 24.3. The highest BCUT2D eigenvalue weighted by atomic mass is 19.3. The highest BCUT2D eigenvalue weighted by Gasteiger charge is 2.46. The lowest BCUT2D eigenvalue weighted by Crippen LogP contribution is -2.31. The third-order valence-electron chi connectivity index (χ3n) is 7.38. The molecule has 1 aliphatic carbocycles. The van der Waals surface area contributed by atoms with E-state index in [1.54, 1.807) is 12.4 Å². The Morgan fingerprint density at radius 3 is 2.66 bits per heavy atom. The van der Waals surface area contributed by atoms with Crippen LogP contribution in [0, 0.1) is 18.7 Å². The number of likely N-dealkylation sites (tertiary alicyclic amines) is 1. The molecule has 0 amide bonds. The van der Waals surface area contributed by atoms with Crippen LogP contribution in [0.25, 0.3) is 33.2 Å². The van der Waals surface area contributed by atoms with Gasteiger partial charge in [0.05, 0.1) is 12.1 Å². The number of H-pyrrole nitrogens is 1. The molecule has 4 heterocycles. The highest BCUT2D eigenvalue weighted by Crippen LogP contribution is 2.43. The Balaban J connectivity index is 1.33. The van der Waals surface area contributed by atoms with Crippen molar-refractivity contribution < 1.29 is 13.2 Å². The van der Waals surface area contributed by atoms with Crippen LogP contribution >= 0.6 is 0 Å². The lowest BCUT2D eigenvalue weighted by Gasteiger charge is -2.30. The Labute approximate surface area is 200 Å². The first-order valence-corrected chi connectivity index (χ1v) is 12.1. The summed E-state index contributed by atoms with van der Waals surface area (Å²) < 4.78 is 45.4. The van der Waals surface area contributed by atoms with E-state index < -0.39 is 18.4 Å². The van der Waals surface area contributed by atoms with Gasteiger partial charge in [0, 0.05) is 35.3 Å². The number of nitrogens with zero attached hydrogens (tertiary/aromatic N) is 5. The van der Waals surface area contributed by atoms with Crippen molar-refractivity contribution in [3.63, 3.8) is 0 Å². The number of aromatic amines is 1. The van der Waals surface area contributed by atoms with E-state index in [-0.39, 0.29) is 17.8 Å². The van der Waals surface area contributed by atoms with Crippen molar-refractivity contribution in [1.82, 2.24) is 29.4 Å². The van der Waals surface area contributed by atoms with Gasteiger partial charge in [0.2, 0.25) is 5.95 Å². The molecule has 0 unspecified atom stereocenters. The predicted octanol–water partition coefficient (Wildman–Crippen LogP) is 5.15. The molecule has 3 aromatic heterocycles. The van der Waals surface area contributed by atoms with Gasteiger partial charge in [-0.2, -0.15) is 4.98 Å². The molecule has 6 rings (SSSR count). The predicted molar refractivity (Wildman–Crippen MR) is 129 cm³/mol. The van der Waals surface area contributed by atoms with Gasteiger partial charge < -0.3 is 19.8 Å². The number of aryl methyl sites for hydroxylation is 1. The van der Waals surface area contributed by atoms with Crippen molar-refractivity contribution in [2.45, 2.75) is 44.6 Å². The van der Waals surface area contributed by atoms with Crippen molar-refractivity contribution in [2.75, 3.05) is 32.0 Å². The minimum atomic E-state index is -2.76. The number of benzene rings is 1. The van der Waals surface area contributed by atoms with Crippen LogP contribution in [0.15, 0.2) is 24.5 Å². The summed E-state index contributed by atoms with van der Waals surface area (Å²) in [5.74, 6) is -2.73. The van der Waals surface area contributed by atoms with Crippen LogP contribution in [-0.4, -0.2) is 62.0 Å². The van der Waals surface area contributed by atoms with Crippen LogP contribution in [0.3, 0.4) is 0 Å². The molecular weight excluding hydrogens is 455 g/mol. The molecule has 10 heteroatoms. The third kappa shape index (κ3) is 4.03. The molecule has 1 saturated heterocycles. The smallest absolute Gasteiger partial charge is 0.267 e. The number of alkyl halides is 2. The van der Waals surface area contributed by atoms with Crippen LogP contribution < -0.4 is 5.32 Å². The number of nitrogens with one attached hydrogen (secondary N) is 2. The molecule has 1 saturated carbocycles. The maximum atomic E-state index is 15.2. The van der Waals surface area contributed by atoms with Gasteiger partial charge in [-0.3, -0.25) is 0 Å². The van der Waals surface area contributed by atoms with Gasteiger partial charge in [0.25, 0.3) is 5.92 Å². The summed E-state index contributed by atoms with van der Waals surface area (Å²) in [7, 11) is 2.12. The molecule has 2 fully saturated rings. The van der Waals surface area contributed by atoms with Gasteiger partial charge in [-0.15, -0.1) is 0 Å². The van der Waals surface area contributed by atoms with Crippen molar-refractivity contribution >= 4 is 28.0 Å². The van der Waals surface area contributed by atoms with E-state index in [2.05, 4.69) is 41.8 Å². The molecule has 2 aliphatic rings. The van der Waals surface area contributed by atoms with Crippen LogP contribution in [-0.2, 0) is 0 Å². The number of anilines is 1. The van der Waals surface area contributed by atoms with E-state index in [1.165, 1.54) is 6.07 Å². The maximum absolute atomic E-state index is 15.2. The van der Waals surface area contributed by atoms with Crippen molar-refractivity contribution in [3.05, 3.63) is 36.2 Å². The lowest BCUT2D eigenvalue weighted by atomic mass is 10.0. The fraction of sp³-hybridized carbons (Fsp3) is 0.480. The summed E-state index contributed by atoms with van der Waals surface area (Å²) in [5, 5.41) is 3.36. The average Bonchev–Trinajstić information content (AvgIpc) is 3.54. The number of rotatable bonds is 6. The quantitative estimate of drug-likeness (QED) is 0.397. The summed E-state index contributed by atoms with van der Waals surface area (Å²) in [5.41, 5.74) is 3.12. The highest BCUT2D eigenvalue weighted by molar-refractivity contribution is 5.96. The summed E-state index contributed by atoms with van der Waals surface area (Å²) in [4.78, 5) is 18.5. The average molecular weight is 484 g/mol. The lowest BCUT2D eigenvalue weighted by molar-refractivity contribution is -0.00831. The van der Waals surface area contributed by atoms with Crippen molar-refractivity contribution in [1.29, 1.82) is 0 Å². The van der Waals surface area contributed by atoms with E-state index in [0.717, 1.165) is 42.8 Å². The molecule has 35 heavy (non-hydrogen) atoms. The van der Waals surface area contributed by atoms with Crippen LogP contribution in [0.1, 0.15) is 37.5 Å². The summed E-state index contributed by atoms with van der Waals surface area (Å²) >= 11 is 0. The number of hydrogen-bond acceptors (Lipinski definition) is 5. The zero-order valence-electron chi connectivity index (χ0n) is 19.8. The molecule has 2 N–H and O–H groups in total. The topological polar surface area (TPSA) is 74.7 Å². The second-order valence-electron chi connectivity index (χ2n) is 9.94. The Bertz CT molecular complexity index is 1400. The molecule has 0 radical (unpaired) electrons. The minimum Gasteiger partial charge on any atom is -0.348 e. The number of halogens is 3. The molecule has 4 aromatic rings. The number of aromatic nitrogens is 5. The van der Waals surface area contributed by atoms with Crippen LogP contribution in [0.4, 0.5) is 19.1 Å². The third-order valence-corrected chi connectivity index (χ3v) is 7.38. The number of fused-ring (bicyclic) bond motifs is 2. The SMILES string of the molecule is Cc1nc2c(F)cc(-c3c[nH]c4nc(NCC(F)(F)C5CC5)ncc34)cc2n1C1CCN(C)CC1. The van der Waals surface area contributed by atoms with Crippen molar-refractivity contribution in [2.24, 2.45) is 5.92 Å². The van der Waals surface area contributed by atoms with Crippen molar-refractivity contribution in [3.8, 4) is 11.1 Å². The summed E-state index contributed by atoms with van der Waals surface area (Å²) in [6.45, 7) is 3.43. The van der Waals surface area contributed by atoms with Gasteiger partial charge >= 0.3 is 0 Å². The summed E-state index contributed by atoms with van der Waals surface area (Å²) in [6, 6.07) is 3.74. The fourth-order valence-electron chi connectivity index (χ4n) is 5.22. The Morgan fingerprint density at radius 1 is 1.14 bits per heavy atom. The number of piperidine rings is 1. The molecule has 1 aliphatic heterocycles. The van der Waals surface area contributed by atoms with Crippen LogP contribution in [0.2, 0.25) is 0 Å². The molecule has 0 spiro atoms. The molecule has 0 atom stereocenters. The van der Waals surface area contributed by atoms with Gasteiger partial charge in [-0.25, -0.2) is 23.1 Å². The first kappa shape index (κ1) is 22.3. The molecule has 184 valence electrons. The number of hydrogen-bond donors (Lipinski definition) is 2. The van der Waals surface area contributed by atoms with Gasteiger partial charge in [0.15, 0.2) is 5.82 Å². The first-order chi connectivity index (χ1) is 16.8. The normalized spacial score (nSPS) is 18.1. The zero-order valence-corrected chi connectivity index (χ0v) is 19.8. The van der Waals surface area contributed by atoms with Gasteiger partial charge in [-0.05, 0) is 70.4 Å². The van der Waals surface area contributed by atoms with E-state index in [4.69, 9.17) is 0 Å². The van der Waals surface area contributed by atoms with E-state index in [9.17, 15) is 8.78 Å². The van der Waals surface area contributed by atoms with Crippen LogP contribution in [0.5, 0.6) is 0 Å².